The number of nitrogens with one attached hydrogen (secondary N) is 2. The highest BCUT2D eigenvalue weighted by atomic mass is 32.1. The van der Waals surface area contributed by atoms with Gasteiger partial charge < -0.3 is 15.5 Å². The lowest BCUT2D eigenvalue weighted by molar-refractivity contribution is 0.438. The van der Waals surface area contributed by atoms with E-state index in [1.807, 2.05) is 25.3 Å². The maximum absolute atomic E-state index is 5.41. The molecule has 2 N–H and O–H groups in total. The lowest BCUT2D eigenvalue weighted by Crippen LogP contribution is -2.33. The van der Waals surface area contributed by atoms with E-state index < -0.39 is 0 Å². The second-order valence-corrected chi connectivity index (χ2v) is 7.71. The highest BCUT2D eigenvalue weighted by Crippen LogP contribution is 2.24. The van der Waals surface area contributed by atoms with E-state index in [9.17, 15) is 0 Å². The zero-order valence-corrected chi connectivity index (χ0v) is 16.6. The van der Waals surface area contributed by atoms with E-state index >= 15 is 0 Å². The van der Waals surface area contributed by atoms with E-state index in [-0.39, 0.29) is 6.04 Å². The summed E-state index contributed by atoms with van der Waals surface area (Å²) in [4.78, 5) is 6.81. The standard InChI is InChI=1S/C21H28N4S/c1-15-10-12-25(13-11-15)19-7-5-18(6-8-19)17(3)23-21(26)24-20-9-4-16(2)14-22-20/h4-9,14-15,17H,10-13H2,1-3H3,(H2,22,23,24,26). The van der Waals surface area contributed by atoms with Crippen LogP contribution >= 0.6 is 12.2 Å². The Hall–Kier alpha value is -2.14. The van der Waals surface area contributed by atoms with Gasteiger partial charge in [-0.05, 0) is 74.2 Å². The van der Waals surface area contributed by atoms with E-state index in [4.69, 9.17) is 12.2 Å². The summed E-state index contributed by atoms with van der Waals surface area (Å²) in [7, 11) is 0. The van der Waals surface area contributed by atoms with E-state index in [1.54, 1.807) is 0 Å². The van der Waals surface area contributed by atoms with E-state index in [0.717, 1.165) is 30.4 Å². The Morgan fingerprint density at radius 2 is 1.85 bits per heavy atom. The summed E-state index contributed by atoms with van der Waals surface area (Å²) in [5, 5.41) is 7.05. The molecular formula is C21H28N4S. The Morgan fingerprint density at radius 1 is 1.15 bits per heavy atom. The van der Waals surface area contributed by atoms with Crippen molar-refractivity contribution in [3.63, 3.8) is 0 Å². The van der Waals surface area contributed by atoms with Gasteiger partial charge in [0.15, 0.2) is 5.11 Å². The van der Waals surface area contributed by atoms with Crippen molar-refractivity contribution in [2.45, 2.75) is 39.7 Å². The summed E-state index contributed by atoms with van der Waals surface area (Å²) in [6, 6.07) is 12.9. The molecule has 1 aliphatic heterocycles. The number of hydrogen-bond donors (Lipinski definition) is 2. The van der Waals surface area contributed by atoms with Crippen molar-refractivity contribution < 1.29 is 0 Å². The Bertz CT molecular complexity index is 719. The molecule has 4 nitrogen and oxygen atoms in total. The minimum Gasteiger partial charge on any atom is -0.372 e. The number of pyridine rings is 1. The van der Waals surface area contributed by atoms with Crippen LogP contribution in [0.25, 0.3) is 0 Å². The topological polar surface area (TPSA) is 40.2 Å². The summed E-state index contributed by atoms with van der Waals surface area (Å²) < 4.78 is 0. The van der Waals surface area contributed by atoms with Crippen molar-refractivity contribution in [2.24, 2.45) is 5.92 Å². The number of anilines is 2. The fourth-order valence-electron chi connectivity index (χ4n) is 3.21. The molecule has 3 rings (SSSR count). The summed E-state index contributed by atoms with van der Waals surface area (Å²) in [5.74, 6) is 1.61. The third kappa shape index (κ3) is 4.94. The van der Waals surface area contributed by atoms with Crippen LogP contribution < -0.4 is 15.5 Å². The quantitative estimate of drug-likeness (QED) is 0.767. The van der Waals surface area contributed by atoms with Crippen LogP contribution in [0.1, 0.15) is 43.9 Å². The first-order valence-corrected chi connectivity index (χ1v) is 9.77. The molecule has 1 aromatic carbocycles. The largest absolute Gasteiger partial charge is 0.372 e. The third-order valence-electron chi connectivity index (χ3n) is 5.04. The van der Waals surface area contributed by atoms with Gasteiger partial charge >= 0.3 is 0 Å². The second-order valence-electron chi connectivity index (χ2n) is 7.30. The molecule has 1 atom stereocenters. The zero-order valence-electron chi connectivity index (χ0n) is 15.8. The summed E-state index contributed by atoms with van der Waals surface area (Å²) in [6.45, 7) is 8.80. The Kier molecular flexibility index (Phi) is 6.09. The molecule has 138 valence electrons. The molecule has 1 aliphatic rings. The predicted octanol–water partition coefficient (Wildman–Crippen LogP) is 4.67. The maximum atomic E-state index is 5.41. The Morgan fingerprint density at radius 3 is 2.46 bits per heavy atom. The van der Waals surface area contributed by atoms with E-state index in [1.165, 1.54) is 24.1 Å². The molecular weight excluding hydrogens is 340 g/mol. The molecule has 26 heavy (non-hydrogen) atoms. The van der Waals surface area contributed by atoms with Gasteiger partial charge in [-0.1, -0.05) is 25.1 Å². The maximum Gasteiger partial charge on any atom is 0.172 e. The molecule has 1 fully saturated rings. The summed E-state index contributed by atoms with van der Waals surface area (Å²) in [6.07, 6.45) is 4.40. The first-order chi connectivity index (χ1) is 12.5. The third-order valence-corrected chi connectivity index (χ3v) is 5.26. The van der Waals surface area contributed by atoms with Gasteiger partial charge in [0.25, 0.3) is 0 Å². The number of piperidine rings is 1. The van der Waals surface area contributed by atoms with Gasteiger partial charge in [0.1, 0.15) is 5.82 Å². The fourth-order valence-corrected chi connectivity index (χ4v) is 3.50. The molecule has 0 radical (unpaired) electrons. The highest BCUT2D eigenvalue weighted by molar-refractivity contribution is 7.80. The van der Waals surface area contributed by atoms with Crippen molar-refractivity contribution in [1.82, 2.24) is 10.3 Å². The minimum atomic E-state index is 0.135. The summed E-state index contributed by atoms with van der Waals surface area (Å²) >= 11 is 5.41. The van der Waals surface area contributed by atoms with Gasteiger partial charge in [-0.15, -0.1) is 0 Å². The first kappa shape index (κ1) is 18.6. The zero-order chi connectivity index (χ0) is 18.5. The summed E-state index contributed by atoms with van der Waals surface area (Å²) in [5.41, 5.74) is 3.67. The molecule has 0 bridgehead atoms. The number of hydrogen-bond acceptors (Lipinski definition) is 3. The predicted molar refractivity (Wildman–Crippen MR) is 114 cm³/mol. The fraction of sp³-hybridized carbons (Fsp3) is 0.429. The van der Waals surface area contributed by atoms with Crippen LogP contribution in [0.5, 0.6) is 0 Å². The van der Waals surface area contributed by atoms with Crippen molar-refractivity contribution in [3.05, 3.63) is 53.7 Å². The number of benzene rings is 1. The molecule has 1 aromatic heterocycles. The molecule has 0 aliphatic carbocycles. The van der Waals surface area contributed by atoms with E-state index in [2.05, 4.69) is 58.6 Å². The van der Waals surface area contributed by atoms with Crippen molar-refractivity contribution in [3.8, 4) is 0 Å². The molecule has 5 heteroatoms. The lowest BCUT2D eigenvalue weighted by Gasteiger charge is -2.32. The van der Waals surface area contributed by atoms with Crippen LogP contribution in [0.2, 0.25) is 0 Å². The average molecular weight is 369 g/mol. The Balaban J connectivity index is 1.54. The van der Waals surface area contributed by atoms with Gasteiger partial charge in [0.2, 0.25) is 0 Å². The van der Waals surface area contributed by atoms with E-state index in [0.29, 0.717) is 5.11 Å². The van der Waals surface area contributed by atoms with Crippen molar-refractivity contribution in [2.75, 3.05) is 23.3 Å². The second kappa shape index (κ2) is 8.49. The van der Waals surface area contributed by atoms with Gasteiger partial charge in [-0.25, -0.2) is 4.98 Å². The number of aromatic nitrogens is 1. The SMILES string of the molecule is Cc1ccc(NC(=S)NC(C)c2ccc(N3CCC(C)CC3)cc2)nc1. The number of rotatable bonds is 4. The first-order valence-electron chi connectivity index (χ1n) is 9.36. The molecule has 2 heterocycles. The van der Waals surface area contributed by atoms with Gasteiger partial charge in [0.05, 0.1) is 6.04 Å². The molecule has 0 saturated carbocycles. The van der Waals surface area contributed by atoms with Gasteiger partial charge in [-0.2, -0.15) is 0 Å². The van der Waals surface area contributed by atoms with Crippen LogP contribution in [0.15, 0.2) is 42.6 Å². The Labute approximate surface area is 162 Å². The van der Waals surface area contributed by atoms with Crippen molar-refractivity contribution in [1.29, 1.82) is 0 Å². The smallest absolute Gasteiger partial charge is 0.172 e. The van der Waals surface area contributed by atoms with Crippen LogP contribution in [0.4, 0.5) is 11.5 Å². The number of thiocarbonyl (C=S) groups is 1. The van der Waals surface area contributed by atoms with Gasteiger partial charge in [-0.3, -0.25) is 0 Å². The monoisotopic (exact) mass is 368 g/mol. The number of aryl methyl sites for hydroxylation is 1. The molecule has 2 aromatic rings. The molecule has 0 spiro atoms. The molecule has 1 saturated heterocycles. The van der Waals surface area contributed by atoms with Crippen molar-refractivity contribution >= 4 is 28.8 Å². The van der Waals surface area contributed by atoms with Crippen LogP contribution in [0.3, 0.4) is 0 Å². The van der Waals surface area contributed by atoms with Crippen LogP contribution in [-0.2, 0) is 0 Å². The highest BCUT2D eigenvalue weighted by Gasteiger charge is 2.16. The van der Waals surface area contributed by atoms with Gasteiger partial charge in [0, 0.05) is 25.0 Å². The minimum absolute atomic E-state index is 0.135. The lowest BCUT2D eigenvalue weighted by atomic mass is 9.98. The van der Waals surface area contributed by atoms with Crippen LogP contribution in [-0.4, -0.2) is 23.2 Å². The number of nitrogens with zero attached hydrogens (tertiary/aromatic N) is 2. The van der Waals surface area contributed by atoms with Crippen LogP contribution in [0, 0.1) is 12.8 Å². The molecule has 1 unspecified atom stereocenters. The normalized spacial score (nSPS) is 16.2. The average Bonchev–Trinajstić information content (AvgIpc) is 2.64. The molecule has 0 amide bonds.